The van der Waals surface area contributed by atoms with Crippen molar-refractivity contribution in [2.45, 2.75) is 0 Å². The number of fused-ring (bicyclic) bond motifs is 1. The second kappa shape index (κ2) is 8.13. The molecule has 5 heteroatoms. The Bertz CT molecular complexity index is 872. The van der Waals surface area contributed by atoms with Crippen LogP contribution in [0.1, 0.15) is 5.56 Å². The largest absolute Gasteiger partial charge is 1.00 e. The third-order valence-corrected chi connectivity index (χ3v) is 3.34. The molecular formula is C19H15ClNO3-. The van der Waals surface area contributed by atoms with Gasteiger partial charge in [0.1, 0.15) is 11.3 Å². The number of carbonyl (C=O) groups excluding carboxylic acids is 1. The summed E-state index contributed by atoms with van der Waals surface area (Å²) in [6.45, 7) is 0. The zero-order chi connectivity index (χ0) is 16.1. The predicted molar refractivity (Wildman–Crippen MR) is 89.4 cm³/mol. The first-order chi connectivity index (χ1) is 11.3. The summed E-state index contributed by atoms with van der Waals surface area (Å²) in [5, 5.41) is 0.923. The lowest BCUT2D eigenvalue weighted by Gasteiger charge is -2.05. The van der Waals surface area contributed by atoms with Crippen molar-refractivity contribution in [1.82, 2.24) is 4.98 Å². The number of aromatic nitrogens is 1. The topological polar surface area (TPSA) is 48.4 Å². The standard InChI is InChI=1S/C19H15NO3.ClH/c1-22-16-9-3-2-6-14(16)11-12-18(21)23-17-10-4-7-15-8-5-13-20-19(15)17;/h2-13H,1H3;1H/p-1. The molecule has 0 radical (unpaired) electrons. The van der Waals surface area contributed by atoms with Crippen LogP contribution in [0.4, 0.5) is 0 Å². The Labute approximate surface area is 146 Å². The van der Waals surface area contributed by atoms with Crippen LogP contribution in [0.3, 0.4) is 0 Å². The number of halogens is 1. The zero-order valence-corrected chi connectivity index (χ0v) is 13.7. The minimum Gasteiger partial charge on any atom is -1.00 e. The van der Waals surface area contributed by atoms with Gasteiger partial charge in [0.15, 0.2) is 5.75 Å². The van der Waals surface area contributed by atoms with Gasteiger partial charge in [-0.1, -0.05) is 36.4 Å². The minimum absolute atomic E-state index is 0. The van der Waals surface area contributed by atoms with Crippen molar-refractivity contribution in [3.63, 3.8) is 0 Å². The Morgan fingerprint density at radius 3 is 2.58 bits per heavy atom. The molecule has 1 heterocycles. The summed E-state index contributed by atoms with van der Waals surface area (Å²) >= 11 is 0. The van der Waals surface area contributed by atoms with Crippen molar-refractivity contribution >= 4 is 22.9 Å². The molecular weight excluding hydrogens is 326 g/mol. The predicted octanol–water partition coefficient (Wildman–Crippen LogP) is 0.866. The van der Waals surface area contributed by atoms with E-state index >= 15 is 0 Å². The van der Waals surface area contributed by atoms with Crippen LogP contribution in [0.2, 0.25) is 0 Å². The molecule has 0 bridgehead atoms. The highest BCUT2D eigenvalue weighted by molar-refractivity contribution is 5.92. The quantitative estimate of drug-likeness (QED) is 0.402. The lowest BCUT2D eigenvalue weighted by molar-refractivity contribution is -0.128. The van der Waals surface area contributed by atoms with E-state index in [0.717, 1.165) is 10.9 Å². The summed E-state index contributed by atoms with van der Waals surface area (Å²) in [5.41, 5.74) is 1.47. The summed E-state index contributed by atoms with van der Waals surface area (Å²) in [4.78, 5) is 16.3. The third kappa shape index (κ3) is 3.91. The molecule has 4 nitrogen and oxygen atoms in total. The number of para-hydroxylation sites is 2. The van der Waals surface area contributed by atoms with Gasteiger partial charge >= 0.3 is 5.97 Å². The van der Waals surface area contributed by atoms with Gasteiger partial charge in [0.25, 0.3) is 0 Å². The van der Waals surface area contributed by atoms with Gasteiger partial charge < -0.3 is 21.9 Å². The molecule has 3 rings (SSSR count). The van der Waals surface area contributed by atoms with Gasteiger partial charge in [-0.05, 0) is 24.3 Å². The summed E-state index contributed by atoms with van der Waals surface area (Å²) < 4.78 is 10.6. The highest BCUT2D eigenvalue weighted by atomic mass is 35.5. The van der Waals surface area contributed by atoms with E-state index in [0.29, 0.717) is 17.0 Å². The zero-order valence-electron chi connectivity index (χ0n) is 13.0. The number of hydrogen-bond acceptors (Lipinski definition) is 4. The van der Waals surface area contributed by atoms with Crippen LogP contribution in [0.25, 0.3) is 17.0 Å². The number of methoxy groups -OCH3 is 1. The molecule has 0 saturated carbocycles. The molecule has 24 heavy (non-hydrogen) atoms. The summed E-state index contributed by atoms with van der Waals surface area (Å²) in [6, 6.07) is 16.7. The molecule has 0 aliphatic heterocycles. The van der Waals surface area contributed by atoms with Crippen LogP contribution in [0, 0.1) is 0 Å². The maximum absolute atomic E-state index is 12.1. The normalized spacial score (nSPS) is 10.4. The number of hydrogen-bond donors (Lipinski definition) is 0. The van der Waals surface area contributed by atoms with E-state index in [-0.39, 0.29) is 12.4 Å². The smallest absolute Gasteiger partial charge is 0.336 e. The van der Waals surface area contributed by atoms with Crippen LogP contribution in [0.15, 0.2) is 66.9 Å². The molecule has 3 aromatic rings. The van der Waals surface area contributed by atoms with E-state index in [1.54, 1.807) is 25.4 Å². The summed E-state index contributed by atoms with van der Waals surface area (Å²) in [7, 11) is 1.59. The molecule has 0 N–H and O–H groups in total. The number of carbonyl (C=O) groups is 1. The second-order valence-corrected chi connectivity index (χ2v) is 4.83. The lowest BCUT2D eigenvalue weighted by Crippen LogP contribution is -3.00. The first kappa shape index (κ1) is 17.5. The molecule has 0 amide bonds. The van der Waals surface area contributed by atoms with Gasteiger partial charge in [-0.2, -0.15) is 0 Å². The monoisotopic (exact) mass is 340 g/mol. The first-order valence-electron chi connectivity index (χ1n) is 7.14. The maximum Gasteiger partial charge on any atom is 0.336 e. The number of pyridine rings is 1. The average molecular weight is 341 g/mol. The molecule has 0 aliphatic rings. The van der Waals surface area contributed by atoms with E-state index in [4.69, 9.17) is 9.47 Å². The van der Waals surface area contributed by atoms with E-state index in [1.165, 1.54) is 6.08 Å². The van der Waals surface area contributed by atoms with Crippen LogP contribution in [0.5, 0.6) is 11.5 Å². The van der Waals surface area contributed by atoms with Crippen LogP contribution in [-0.4, -0.2) is 18.1 Å². The van der Waals surface area contributed by atoms with Crippen molar-refractivity contribution in [2.24, 2.45) is 0 Å². The van der Waals surface area contributed by atoms with E-state index in [2.05, 4.69) is 4.98 Å². The van der Waals surface area contributed by atoms with Crippen LogP contribution in [-0.2, 0) is 4.79 Å². The molecule has 0 spiro atoms. The van der Waals surface area contributed by atoms with Crippen LogP contribution >= 0.6 is 0 Å². The summed E-state index contributed by atoms with van der Waals surface area (Å²) in [6.07, 6.45) is 4.71. The van der Waals surface area contributed by atoms with Crippen molar-refractivity contribution in [1.29, 1.82) is 0 Å². The van der Waals surface area contributed by atoms with Crippen molar-refractivity contribution in [2.75, 3.05) is 7.11 Å². The minimum atomic E-state index is -0.464. The molecule has 0 saturated heterocycles. The SMILES string of the molecule is COc1ccccc1C=CC(=O)Oc1cccc2cccnc12.[Cl-]. The highest BCUT2D eigenvalue weighted by Gasteiger charge is 2.06. The van der Waals surface area contributed by atoms with Gasteiger partial charge in [0.2, 0.25) is 0 Å². The fraction of sp³-hybridized carbons (Fsp3) is 0.0526. The van der Waals surface area contributed by atoms with Gasteiger partial charge in [0.05, 0.1) is 7.11 Å². The fourth-order valence-corrected chi connectivity index (χ4v) is 2.26. The molecule has 0 fully saturated rings. The number of nitrogens with zero attached hydrogens (tertiary/aromatic N) is 1. The molecule has 0 unspecified atom stereocenters. The lowest BCUT2D eigenvalue weighted by atomic mass is 10.2. The van der Waals surface area contributed by atoms with Crippen molar-refractivity contribution in [3.8, 4) is 11.5 Å². The van der Waals surface area contributed by atoms with Gasteiger partial charge in [0, 0.05) is 23.2 Å². The van der Waals surface area contributed by atoms with Gasteiger partial charge in [-0.15, -0.1) is 0 Å². The molecule has 0 aliphatic carbocycles. The van der Waals surface area contributed by atoms with E-state index in [1.807, 2.05) is 48.5 Å². The number of ether oxygens (including phenoxy) is 2. The summed E-state index contributed by atoms with van der Waals surface area (Å²) in [5.74, 6) is 0.676. The van der Waals surface area contributed by atoms with E-state index in [9.17, 15) is 4.79 Å². The van der Waals surface area contributed by atoms with Crippen molar-refractivity contribution < 1.29 is 26.7 Å². The highest BCUT2D eigenvalue weighted by Crippen LogP contribution is 2.23. The Balaban J connectivity index is 0.00000208. The number of esters is 1. The maximum atomic E-state index is 12.1. The Morgan fingerprint density at radius 1 is 1.00 bits per heavy atom. The third-order valence-electron chi connectivity index (χ3n) is 3.34. The molecule has 122 valence electrons. The Morgan fingerprint density at radius 2 is 1.75 bits per heavy atom. The Hall–Kier alpha value is -2.85. The van der Waals surface area contributed by atoms with E-state index < -0.39 is 5.97 Å². The molecule has 0 atom stereocenters. The fourth-order valence-electron chi connectivity index (χ4n) is 2.26. The van der Waals surface area contributed by atoms with Gasteiger partial charge in [-0.25, -0.2) is 4.79 Å². The number of benzene rings is 2. The Kier molecular flexibility index (Phi) is 5.93. The molecule has 2 aromatic carbocycles. The van der Waals surface area contributed by atoms with Gasteiger partial charge in [-0.3, -0.25) is 4.98 Å². The van der Waals surface area contributed by atoms with Crippen LogP contribution < -0.4 is 21.9 Å². The number of rotatable bonds is 4. The van der Waals surface area contributed by atoms with Crippen molar-refractivity contribution in [3.05, 3.63) is 72.4 Å². The average Bonchev–Trinajstić information content (AvgIpc) is 2.60. The second-order valence-electron chi connectivity index (χ2n) is 4.83. The molecule has 1 aromatic heterocycles. The first-order valence-corrected chi connectivity index (χ1v) is 7.14.